The third kappa shape index (κ3) is 1.01. The Morgan fingerprint density at radius 3 is 2.86 bits per heavy atom. The molecule has 4 N–H and O–H groups in total. The van der Waals surface area contributed by atoms with E-state index in [4.69, 9.17) is 10.8 Å². The van der Waals surface area contributed by atoms with Gasteiger partial charge in [0, 0.05) is 0 Å². The van der Waals surface area contributed by atoms with Gasteiger partial charge >= 0.3 is 5.97 Å². The number of benzene rings is 1. The predicted molar refractivity (Wildman–Crippen MR) is 49.9 cm³/mol. The fourth-order valence-corrected chi connectivity index (χ4v) is 1.93. The van der Waals surface area contributed by atoms with Gasteiger partial charge in [-0.3, -0.25) is 0 Å². The fourth-order valence-electron chi connectivity index (χ4n) is 1.93. The molecule has 1 aliphatic rings. The highest BCUT2D eigenvalue weighted by Crippen LogP contribution is 2.39. The third-order valence-corrected chi connectivity index (χ3v) is 2.78. The van der Waals surface area contributed by atoms with Gasteiger partial charge in [-0.25, -0.2) is 4.79 Å². The second kappa shape index (κ2) is 2.72. The van der Waals surface area contributed by atoms with Gasteiger partial charge in [-0.1, -0.05) is 12.1 Å². The molecule has 2 rings (SSSR count). The largest absolute Gasteiger partial charge is 0.508 e. The minimum atomic E-state index is -1.33. The first kappa shape index (κ1) is 9.02. The molecule has 0 saturated carbocycles. The predicted octanol–water partition coefficient (Wildman–Crippen LogP) is 0.577. The number of phenolic OH excluding ortho intramolecular Hbond substituents is 1. The zero-order chi connectivity index (χ0) is 10.3. The van der Waals surface area contributed by atoms with Crippen molar-refractivity contribution in [1.82, 2.24) is 0 Å². The lowest BCUT2D eigenvalue weighted by Crippen LogP contribution is -2.42. The lowest BCUT2D eigenvalue weighted by molar-refractivity contribution is -0.143. The van der Waals surface area contributed by atoms with E-state index in [0.717, 1.165) is 0 Å². The van der Waals surface area contributed by atoms with E-state index in [9.17, 15) is 9.90 Å². The summed E-state index contributed by atoms with van der Waals surface area (Å²) in [5.41, 5.74) is 5.64. The van der Waals surface area contributed by atoms with Gasteiger partial charge in [0.25, 0.3) is 0 Å². The highest BCUT2D eigenvalue weighted by atomic mass is 16.4. The number of aromatic hydroxyl groups is 1. The number of hydrogen-bond donors (Lipinski definition) is 3. The molecule has 14 heavy (non-hydrogen) atoms. The minimum Gasteiger partial charge on any atom is -0.508 e. The van der Waals surface area contributed by atoms with Gasteiger partial charge in [0.15, 0.2) is 0 Å². The zero-order valence-electron chi connectivity index (χ0n) is 7.53. The summed E-state index contributed by atoms with van der Waals surface area (Å²) in [7, 11) is 0. The van der Waals surface area contributed by atoms with Crippen LogP contribution in [0.4, 0.5) is 0 Å². The molecule has 1 aliphatic carbocycles. The molecule has 1 aromatic carbocycles. The molecular weight excluding hydrogens is 182 g/mol. The smallest absolute Gasteiger partial charge is 0.328 e. The van der Waals surface area contributed by atoms with E-state index < -0.39 is 11.5 Å². The normalized spacial score (nSPS) is 24.6. The van der Waals surface area contributed by atoms with Gasteiger partial charge in [0.05, 0.1) is 0 Å². The molecule has 4 heteroatoms. The number of carboxylic acids is 1. The Kier molecular flexibility index (Phi) is 1.75. The van der Waals surface area contributed by atoms with Gasteiger partial charge in [0.2, 0.25) is 0 Å². The Morgan fingerprint density at radius 1 is 1.50 bits per heavy atom. The molecule has 0 bridgehead atoms. The van der Waals surface area contributed by atoms with Crippen LogP contribution in [0, 0.1) is 0 Å². The van der Waals surface area contributed by atoms with Crippen LogP contribution in [0.2, 0.25) is 0 Å². The zero-order valence-corrected chi connectivity index (χ0v) is 7.53. The average molecular weight is 193 g/mol. The van der Waals surface area contributed by atoms with Crippen LogP contribution in [0.3, 0.4) is 0 Å². The molecule has 0 heterocycles. The van der Waals surface area contributed by atoms with E-state index in [1.54, 1.807) is 18.2 Å². The summed E-state index contributed by atoms with van der Waals surface area (Å²) in [6.45, 7) is 0. The van der Waals surface area contributed by atoms with Crippen LogP contribution in [0.5, 0.6) is 5.75 Å². The Morgan fingerprint density at radius 2 is 2.21 bits per heavy atom. The Hall–Kier alpha value is -1.55. The van der Waals surface area contributed by atoms with E-state index in [1.165, 1.54) is 0 Å². The summed E-state index contributed by atoms with van der Waals surface area (Å²) in [5, 5.41) is 18.5. The van der Waals surface area contributed by atoms with Crippen LogP contribution in [-0.4, -0.2) is 16.2 Å². The second-order valence-electron chi connectivity index (χ2n) is 3.58. The van der Waals surface area contributed by atoms with Crippen molar-refractivity contribution < 1.29 is 15.0 Å². The minimum absolute atomic E-state index is 0.135. The number of aliphatic carboxylic acids is 1. The molecule has 0 saturated heterocycles. The first-order chi connectivity index (χ1) is 6.55. The van der Waals surface area contributed by atoms with E-state index in [2.05, 4.69) is 0 Å². The number of fused-ring (bicyclic) bond motifs is 1. The summed E-state index contributed by atoms with van der Waals surface area (Å²) >= 11 is 0. The van der Waals surface area contributed by atoms with Crippen LogP contribution in [0.25, 0.3) is 0 Å². The van der Waals surface area contributed by atoms with Crippen LogP contribution >= 0.6 is 0 Å². The number of phenols is 1. The van der Waals surface area contributed by atoms with Gasteiger partial charge < -0.3 is 15.9 Å². The Labute approximate surface area is 81.0 Å². The number of nitrogens with two attached hydrogens (primary N) is 1. The van der Waals surface area contributed by atoms with Crippen molar-refractivity contribution in [1.29, 1.82) is 0 Å². The van der Waals surface area contributed by atoms with Crippen molar-refractivity contribution in [2.45, 2.75) is 18.4 Å². The number of carbonyl (C=O) groups is 1. The number of hydrogen-bond acceptors (Lipinski definition) is 3. The molecule has 0 aromatic heterocycles. The van der Waals surface area contributed by atoms with Crippen molar-refractivity contribution in [2.75, 3.05) is 0 Å². The SMILES string of the molecule is NC1(C(=O)O)CCc2c(O)cccc21. The average Bonchev–Trinajstić information content (AvgIpc) is 2.47. The van der Waals surface area contributed by atoms with Gasteiger partial charge in [-0.15, -0.1) is 0 Å². The molecule has 1 unspecified atom stereocenters. The molecular formula is C10H11NO3. The summed E-state index contributed by atoms with van der Waals surface area (Å²) in [6.07, 6.45) is 0.861. The van der Waals surface area contributed by atoms with Crippen LogP contribution < -0.4 is 5.73 Å². The van der Waals surface area contributed by atoms with Crippen LogP contribution in [0.15, 0.2) is 18.2 Å². The molecule has 74 valence electrons. The molecule has 0 spiro atoms. The Bertz CT molecular complexity index is 402. The van der Waals surface area contributed by atoms with E-state index in [0.29, 0.717) is 24.0 Å². The van der Waals surface area contributed by atoms with E-state index in [1.807, 2.05) is 0 Å². The highest BCUT2D eigenvalue weighted by Gasteiger charge is 2.42. The topological polar surface area (TPSA) is 83.6 Å². The first-order valence-corrected chi connectivity index (χ1v) is 4.39. The molecule has 0 amide bonds. The maximum absolute atomic E-state index is 11.0. The lowest BCUT2D eigenvalue weighted by Gasteiger charge is -2.19. The molecule has 0 fully saturated rings. The first-order valence-electron chi connectivity index (χ1n) is 4.39. The molecule has 0 radical (unpaired) electrons. The maximum atomic E-state index is 11.0. The molecule has 0 aliphatic heterocycles. The molecule has 1 aromatic rings. The van der Waals surface area contributed by atoms with Gasteiger partial charge in [0.1, 0.15) is 11.3 Å². The van der Waals surface area contributed by atoms with Gasteiger partial charge in [-0.2, -0.15) is 0 Å². The van der Waals surface area contributed by atoms with Crippen molar-refractivity contribution in [3.8, 4) is 5.75 Å². The van der Waals surface area contributed by atoms with Crippen molar-refractivity contribution in [3.63, 3.8) is 0 Å². The molecule has 4 nitrogen and oxygen atoms in total. The summed E-state index contributed by atoms with van der Waals surface area (Å²) in [5.74, 6) is -0.905. The Balaban J connectivity index is 2.60. The van der Waals surface area contributed by atoms with Crippen molar-refractivity contribution in [3.05, 3.63) is 29.3 Å². The van der Waals surface area contributed by atoms with Crippen molar-refractivity contribution >= 4 is 5.97 Å². The summed E-state index contributed by atoms with van der Waals surface area (Å²) < 4.78 is 0. The summed E-state index contributed by atoms with van der Waals surface area (Å²) in [6, 6.07) is 4.83. The standard InChI is InChI=1S/C10H11NO3/c11-10(9(13)14)5-4-6-7(10)2-1-3-8(6)12/h1-3,12H,4-5,11H2,(H,13,14). The van der Waals surface area contributed by atoms with Gasteiger partial charge in [-0.05, 0) is 30.0 Å². The third-order valence-electron chi connectivity index (χ3n) is 2.78. The maximum Gasteiger partial charge on any atom is 0.328 e. The quantitative estimate of drug-likeness (QED) is 0.609. The van der Waals surface area contributed by atoms with Crippen molar-refractivity contribution in [2.24, 2.45) is 5.73 Å². The lowest BCUT2D eigenvalue weighted by atomic mass is 9.93. The van der Waals surface area contributed by atoms with E-state index in [-0.39, 0.29) is 5.75 Å². The summed E-state index contributed by atoms with van der Waals surface area (Å²) in [4.78, 5) is 11.0. The number of carboxylic acid groups (broad SMARTS) is 1. The molecule has 1 atom stereocenters. The van der Waals surface area contributed by atoms with Crippen LogP contribution in [0.1, 0.15) is 17.5 Å². The van der Waals surface area contributed by atoms with Crippen LogP contribution in [-0.2, 0) is 16.8 Å². The highest BCUT2D eigenvalue weighted by molar-refractivity contribution is 5.82. The monoisotopic (exact) mass is 193 g/mol. The second-order valence-corrected chi connectivity index (χ2v) is 3.58. The fraction of sp³-hybridized carbons (Fsp3) is 0.300. The van der Waals surface area contributed by atoms with E-state index >= 15 is 0 Å². The number of rotatable bonds is 1.